The predicted molar refractivity (Wildman–Crippen MR) is 68.7 cm³/mol. The lowest BCUT2D eigenvalue weighted by molar-refractivity contribution is -0.128. The molecule has 0 heterocycles. The van der Waals surface area contributed by atoms with Gasteiger partial charge in [0.1, 0.15) is 0 Å². The Balaban J connectivity index is 3.86. The number of amides is 1. The topological polar surface area (TPSA) is 47.6 Å². The second kappa shape index (κ2) is 7.67. The molecular formula is C13H27NO3. The zero-order chi connectivity index (χ0) is 13.5. The number of hydrogen-bond donors (Lipinski definition) is 1. The number of rotatable bonds is 7. The van der Waals surface area contributed by atoms with Gasteiger partial charge >= 0.3 is 0 Å². The van der Waals surface area contributed by atoms with Gasteiger partial charge in [-0.15, -0.1) is 0 Å². The van der Waals surface area contributed by atoms with E-state index in [1.54, 1.807) is 14.2 Å². The molecule has 0 bridgehead atoms. The molecular weight excluding hydrogens is 218 g/mol. The fourth-order valence-corrected chi connectivity index (χ4v) is 1.97. The van der Waals surface area contributed by atoms with Crippen LogP contribution in [-0.4, -0.2) is 33.0 Å². The summed E-state index contributed by atoms with van der Waals surface area (Å²) < 4.78 is 10.00. The van der Waals surface area contributed by atoms with Crippen LogP contribution in [0.4, 0.5) is 0 Å². The third kappa shape index (κ3) is 9.12. The Bertz CT molecular complexity index is 219. The van der Waals surface area contributed by atoms with E-state index < -0.39 is 0 Å². The van der Waals surface area contributed by atoms with Gasteiger partial charge in [-0.25, -0.2) is 0 Å². The average molecular weight is 245 g/mol. The van der Waals surface area contributed by atoms with Gasteiger partial charge < -0.3 is 14.8 Å². The number of ether oxygens (including phenoxy) is 2. The van der Waals surface area contributed by atoms with Crippen molar-refractivity contribution in [1.29, 1.82) is 0 Å². The highest BCUT2D eigenvalue weighted by Crippen LogP contribution is 2.25. The van der Waals surface area contributed by atoms with Gasteiger partial charge in [-0.05, 0) is 17.8 Å². The maximum absolute atomic E-state index is 11.7. The fraction of sp³-hybridized carbons (Fsp3) is 0.923. The molecule has 0 aliphatic rings. The molecule has 0 rings (SSSR count). The third-order valence-corrected chi connectivity index (χ3v) is 2.49. The smallest absolute Gasteiger partial charge is 0.220 e. The zero-order valence-electron chi connectivity index (χ0n) is 12.0. The van der Waals surface area contributed by atoms with Crippen LogP contribution in [0.5, 0.6) is 0 Å². The van der Waals surface area contributed by atoms with Gasteiger partial charge in [0, 0.05) is 20.6 Å². The summed E-state index contributed by atoms with van der Waals surface area (Å²) in [5.41, 5.74) is 0.265. The van der Waals surface area contributed by atoms with Crippen LogP contribution in [0.15, 0.2) is 0 Å². The molecule has 1 unspecified atom stereocenters. The Morgan fingerprint density at radius 1 is 1.24 bits per heavy atom. The summed E-state index contributed by atoms with van der Waals surface area (Å²) in [7, 11) is 3.12. The van der Waals surface area contributed by atoms with Gasteiger partial charge in [-0.3, -0.25) is 4.79 Å². The normalized spacial score (nSPS) is 13.8. The number of nitrogens with one attached hydrogen (secondary N) is 1. The van der Waals surface area contributed by atoms with Crippen LogP contribution in [-0.2, 0) is 14.3 Å². The minimum atomic E-state index is -0.364. The molecule has 0 aromatic heterocycles. The number of carbonyl (C=O) groups excluding carboxylic acids is 1. The van der Waals surface area contributed by atoms with Gasteiger partial charge in [0.25, 0.3) is 0 Å². The molecule has 0 aromatic carbocycles. The van der Waals surface area contributed by atoms with Crippen LogP contribution < -0.4 is 5.32 Å². The van der Waals surface area contributed by atoms with Crippen molar-refractivity contribution in [3.05, 3.63) is 0 Å². The van der Waals surface area contributed by atoms with E-state index in [-0.39, 0.29) is 17.6 Å². The van der Waals surface area contributed by atoms with Crippen LogP contribution in [0.25, 0.3) is 0 Å². The molecule has 17 heavy (non-hydrogen) atoms. The Morgan fingerprint density at radius 3 is 2.18 bits per heavy atom. The molecule has 0 radical (unpaired) electrons. The fourth-order valence-electron chi connectivity index (χ4n) is 1.97. The van der Waals surface area contributed by atoms with Crippen LogP contribution in [0, 0.1) is 11.3 Å². The lowest BCUT2D eigenvalue weighted by Crippen LogP contribution is -2.35. The molecule has 102 valence electrons. The lowest BCUT2D eigenvalue weighted by Gasteiger charge is -2.23. The highest BCUT2D eigenvalue weighted by atomic mass is 16.7. The summed E-state index contributed by atoms with van der Waals surface area (Å²) >= 11 is 0. The largest absolute Gasteiger partial charge is 0.354 e. The number of carbonyl (C=O) groups is 1. The maximum atomic E-state index is 11.7. The summed E-state index contributed by atoms with van der Waals surface area (Å²) in [5, 5.41) is 2.81. The SMILES string of the molecule is COC(CNC(=O)CC(C)CC(C)(C)C)OC. The minimum Gasteiger partial charge on any atom is -0.354 e. The van der Waals surface area contributed by atoms with Crippen molar-refractivity contribution in [2.24, 2.45) is 11.3 Å². The first-order chi connectivity index (χ1) is 7.78. The summed E-state index contributed by atoms with van der Waals surface area (Å²) in [4.78, 5) is 11.7. The Kier molecular flexibility index (Phi) is 7.39. The molecule has 0 aliphatic heterocycles. The van der Waals surface area contributed by atoms with Gasteiger partial charge in [-0.1, -0.05) is 27.7 Å². The van der Waals surface area contributed by atoms with Gasteiger partial charge in [0.2, 0.25) is 5.91 Å². The Hall–Kier alpha value is -0.610. The van der Waals surface area contributed by atoms with Crippen LogP contribution >= 0.6 is 0 Å². The van der Waals surface area contributed by atoms with E-state index >= 15 is 0 Å². The van der Waals surface area contributed by atoms with Crippen molar-refractivity contribution in [3.8, 4) is 0 Å². The van der Waals surface area contributed by atoms with Crippen molar-refractivity contribution >= 4 is 5.91 Å². The monoisotopic (exact) mass is 245 g/mol. The Morgan fingerprint density at radius 2 is 1.76 bits per heavy atom. The summed E-state index contributed by atoms with van der Waals surface area (Å²) in [6.45, 7) is 9.07. The summed E-state index contributed by atoms with van der Waals surface area (Å²) in [6.07, 6.45) is 1.23. The quantitative estimate of drug-likeness (QED) is 0.699. The molecule has 0 spiro atoms. The molecule has 4 nitrogen and oxygen atoms in total. The molecule has 0 saturated heterocycles. The molecule has 0 fully saturated rings. The van der Waals surface area contributed by atoms with Gasteiger partial charge in [0.05, 0.1) is 6.54 Å². The molecule has 0 aliphatic carbocycles. The van der Waals surface area contributed by atoms with Gasteiger partial charge in [-0.2, -0.15) is 0 Å². The number of methoxy groups -OCH3 is 2. The molecule has 1 atom stereocenters. The van der Waals surface area contributed by atoms with Crippen molar-refractivity contribution in [3.63, 3.8) is 0 Å². The molecule has 1 N–H and O–H groups in total. The molecule has 4 heteroatoms. The zero-order valence-corrected chi connectivity index (χ0v) is 12.0. The third-order valence-electron chi connectivity index (χ3n) is 2.49. The van der Waals surface area contributed by atoms with E-state index in [2.05, 4.69) is 33.0 Å². The highest BCUT2D eigenvalue weighted by Gasteiger charge is 2.18. The second-order valence-electron chi connectivity index (χ2n) is 5.78. The van der Waals surface area contributed by atoms with Crippen molar-refractivity contribution in [1.82, 2.24) is 5.32 Å². The first kappa shape index (κ1) is 16.4. The standard InChI is InChI=1S/C13H27NO3/c1-10(8-13(2,3)4)7-11(15)14-9-12(16-5)17-6/h10,12H,7-9H2,1-6H3,(H,14,15). The number of hydrogen-bond acceptors (Lipinski definition) is 3. The second-order valence-corrected chi connectivity index (χ2v) is 5.78. The molecule has 0 aromatic rings. The van der Waals surface area contributed by atoms with Crippen LogP contribution in [0.3, 0.4) is 0 Å². The first-order valence-corrected chi connectivity index (χ1v) is 6.10. The summed E-state index contributed by atoms with van der Waals surface area (Å²) in [5.74, 6) is 0.444. The summed E-state index contributed by atoms with van der Waals surface area (Å²) in [6, 6.07) is 0. The Labute approximate surface area is 105 Å². The van der Waals surface area contributed by atoms with Crippen LogP contribution in [0.1, 0.15) is 40.5 Å². The first-order valence-electron chi connectivity index (χ1n) is 6.10. The van der Waals surface area contributed by atoms with E-state index in [4.69, 9.17) is 9.47 Å². The van der Waals surface area contributed by atoms with Crippen LogP contribution in [0.2, 0.25) is 0 Å². The van der Waals surface area contributed by atoms with E-state index in [1.165, 1.54) is 0 Å². The van der Waals surface area contributed by atoms with E-state index in [9.17, 15) is 4.79 Å². The van der Waals surface area contributed by atoms with Gasteiger partial charge in [0.15, 0.2) is 6.29 Å². The van der Waals surface area contributed by atoms with E-state index in [1.807, 2.05) is 0 Å². The van der Waals surface area contributed by atoms with Crippen molar-refractivity contribution in [2.45, 2.75) is 46.8 Å². The maximum Gasteiger partial charge on any atom is 0.220 e. The minimum absolute atomic E-state index is 0.0563. The van der Waals surface area contributed by atoms with Crippen molar-refractivity contribution in [2.75, 3.05) is 20.8 Å². The predicted octanol–water partition coefficient (Wildman–Crippen LogP) is 2.18. The van der Waals surface area contributed by atoms with E-state index in [0.717, 1.165) is 6.42 Å². The molecule has 1 amide bonds. The highest BCUT2D eigenvalue weighted by molar-refractivity contribution is 5.76. The molecule has 0 saturated carbocycles. The average Bonchev–Trinajstić information content (AvgIpc) is 2.16. The van der Waals surface area contributed by atoms with E-state index in [0.29, 0.717) is 18.9 Å². The lowest BCUT2D eigenvalue weighted by atomic mass is 9.84. The van der Waals surface area contributed by atoms with Crippen molar-refractivity contribution < 1.29 is 14.3 Å².